The van der Waals surface area contributed by atoms with Crippen LogP contribution in [0.2, 0.25) is 0 Å². The van der Waals surface area contributed by atoms with Crippen LogP contribution in [-0.2, 0) is 4.74 Å². The highest BCUT2D eigenvalue weighted by atomic mass is 16.5. The van der Waals surface area contributed by atoms with Gasteiger partial charge in [-0.15, -0.1) is 0 Å². The van der Waals surface area contributed by atoms with Crippen LogP contribution in [0.25, 0.3) is 0 Å². The van der Waals surface area contributed by atoms with Crippen LogP contribution in [0.4, 0.5) is 0 Å². The van der Waals surface area contributed by atoms with Gasteiger partial charge in [0.1, 0.15) is 0 Å². The van der Waals surface area contributed by atoms with Gasteiger partial charge in [0.15, 0.2) is 0 Å². The molecule has 102 valence electrons. The second-order valence-corrected chi connectivity index (χ2v) is 5.22. The molecule has 1 aliphatic rings. The molecule has 0 saturated carbocycles. The Morgan fingerprint density at radius 1 is 1.41 bits per heavy atom. The first kappa shape index (κ1) is 14.9. The van der Waals surface area contributed by atoms with Gasteiger partial charge in [-0.05, 0) is 45.2 Å². The normalized spacial score (nSPS) is 23.8. The van der Waals surface area contributed by atoms with E-state index in [1.165, 1.54) is 45.1 Å². The predicted octanol–water partition coefficient (Wildman–Crippen LogP) is 2.39. The summed E-state index contributed by atoms with van der Waals surface area (Å²) in [6, 6.07) is 1.37. The summed E-state index contributed by atoms with van der Waals surface area (Å²) in [4.78, 5) is 2.70. The van der Waals surface area contributed by atoms with Crippen LogP contribution >= 0.6 is 0 Å². The van der Waals surface area contributed by atoms with Crippen molar-refractivity contribution < 1.29 is 4.74 Å². The van der Waals surface area contributed by atoms with Gasteiger partial charge in [0, 0.05) is 19.2 Å². The number of piperidine rings is 1. The van der Waals surface area contributed by atoms with Crippen molar-refractivity contribution >= 4 is 0 Å². The topological polar surface area (TPSA) is 38.5 Å². The third-order valence-corrected chi connectivity index (χ3v) is 3.86. The summed E-state index contributed by atoms with van der Waals surface area (Å²) < 4.78 is 5.40. The molecule has 1 fully saturated rings. The van der Waals surface area contributed by atoms with Gasteiger partial charge < -0.3 is 10.5 Å². The average Bonchev–Trinajstić information content (AvgIpc) is 2.36. The minimum Gasteiger partial charge on any atom is -0.383 e. The molecule has 2 N–H and O–H groups in total. The third-order valence-electron chi connectivity index (χ3n) is 3.86. The number of rotatable bonds is 8. The standard InChI is InChI=1S/C14H30N2O/c1-3-7-13-8-4-5-11-16(13)14(12-17-2)9-6-10-15/h13-14H,3-12,15H2,1-2H3. The number of hydrogen-bond acceptors (Lipinski definition) is 3. The van der Waals surface area contributed by atoms with E-state index in [2.05, 4.69) is 11.8 Å². The molecule has 1 heterocycles. The maximum absolute atomic E-state index is 5.64. The Kier molecular flexibility index (Phi) is 7.82. The van der Waals surface area contributed by atoms with Crippen LogP contribution in [0.1, 0.15) is 51.9 Å². The summed E-state index contributed by atoms with van der Waals surface area (Å²) in [5, 5.41) is 0. The highest BCUT2D eigenvalue weighted by molar-refractivity contribution is 4.82. The Balaban J connectivity index is 2.53. The van der Waals surface area contributed by atoms with Gasteiger partial charge in [0.25, 0.3) is 0 Å². The first-order valence-electron chi connectivity index (χ1n) is 7.28. The second-order valence-electron chi connectivity index (χ2n) is 5.22. The van der Waals surface area contributed by atoms with Crippen molar-refractivity contribution in [2.75, 3.05) is 26.8 Å². The number of likely N-dealkylation sites (tertiary alicyclic amines) is 1. The Bertz CT molecular complexity index is 185. The van der Waals surface area contributed by atoms with E-state index in [4.69, 9.17) is 10.5 Å². The van der Waals surface area contributed by atoms with Crippen LogP contribution in [0.15, 0.2) is 0 Å². The van der Waals surface area contributed by atoms with Crippen molar-refractivity contribution in [1.29, 1.82) is 0 Å². The van der Waals surface area contributed by atoms with E-state index in [-0.39, 0.29) is 0 Å². The summed E-state index contributed by atoms with van der Waals surface area (Å²) >= 11 is 0. The zero-order valence-electron chi connectivity index (χ0n) is 11.7. The SMILES string of the molecule is CCCC1CCCCN1C(CCCN)COC. The molecule has 3 heteroatoms. The first-order chi connectivity index (χ1) is 8.33. The van der Waals surface area contributed by atoms with Crippen LogP contribution in [-0.4, -0.2) is 43.8 Å². The smallest absolute Gasteiger partial charge is 0.0618 e. The van der Waals surface area contributed by atoms with E-state index in [0.717, 1.165) is 25.6 Å². The predicted molar refractivity (Wildman–Crippen MR) is 73.2 cm³/mol. The number of hydrogen-bond donors (Lipinski definition) is 1. The minimum atomic E-state index is 0.584. The molecule has 1 rings (SSSR count). The zero-order valence-corrected chi connectivity index (χ0v) is 11.7. The van der Waals surface area contributed by atoms with Gasteiger partial charge in [0.2, 0.25) is 0 Å². The van der Waals surface area contributed by atoms with Crippen LogP contribution in [0.5, 0.6) is 0 Å². The highest BCUT2D eigenvalue weighted by Crippen LogP contribution is 2.24. The quantitative estimate of drug-likeness (QED) is 0.710. The highest BCUT2D eigenvalue weighted by Gasteiger charge is 2.27. The fourth-order valence-electron chi connectivity index (χ4n) is 3.04. The monoisotopic (exact) mass is 242 g/mol. The van der Waals surface area contributed by atoms with Crippen molar-refractivity contribution in [2.24, 2.45) is 5.73 Å². The minimum absolute atomic E-state index is 0.584. The van der Waals surface area contributed by atoms with E-state index >= 15 is 0 Å². The third kappa shape index (κ3) is 4.94. The molecule has 0 aromatic heterocycles. The Morgan fingerprint density at radius 3 is 2.88 bits per heavy atom. The summed E-state index contributed by atoms with van der Waals surface area (Å²) in [7, 11) is 1.81. The summed E-state index contributed by atoms with van der Waals surface area (Å²) in [5.41, 5.74) is 5.64. The molecule has 0 aromatic carbocycles. The molecule has 0 spiro atoms. The van der Waals surface area contributed by atoms with Crippen molar-refractivity contribution in [3.8, 4) is 0 Å². The lowest BCUT2D eigenvalue weighted by molar-refractivity contribution is 0.0322. The molecule has 0 aliphatic carbocycles. The Morgan fingerprint density at radius 2 is 2.24 bits per heavy atom. The number of ether oxygens (including phenoxy) is 1. The van der Waals surface area contributed by atoms with Gasteiger partial charge >= 0.3 is 0 Å². The molecule has 2 atom stereocenters. The first-order valence-corrected chi connectivity index (χ1v) is 7.28. The molecule has 0 amide bonds. The molecule has 3 nitrogen and oxygen atoms in total. The van der Waals surface area contributed by atoms with E-state index in [1.807, 2.05) is 7.11 Å². The van der Waals surface area contributed by atoms with Crippen LogP contribution in [0.3, 0.4) is 0 Å². The van der Waals surface area contributed by atoms with Crippen LogP contribution in [0, 0.1) is 0 Å². The fraction of sp³-hybridized carbons (Fsp3) is 1.00. The lowest BCUT2D eigenvalue weighted by Crippen LogP contribution is -2.48. The summed E-state index contributed by atoms with van der Waals surface area (Å²) in [5.74, 6) is 0. The molecule has 0 bridgehead atoms. The Hall–Kier alpha value is -0.120. The van der Waals surface area contributed by atoms with Crippen LogP contribution < -0.4 is 5.73 Å². The number of nitrogens with zero attached hydrogens (tertiary/aromatic N) is 1. The molecule has 0 radical (unpaired) electrons. The van der Waals surface area contributed by atoms with Crippen molar-refractivity contribution in [3.05, 3.63) is 0 Å². The molecule has 0 aromatic rings. The fourth-order valence-corrected chi connectivity index (χ4v) is 3.04. The van der Waals surface area contributed by atoms with Crippen molar-refractivity contribution in [1.82, 2.24) is 4.90 Å². The maximum atomic E-state index is 5.64. The lowest BCUT2D eigenvalue weighted by Gasteiger charge is -2.41. The lowest BCUT2D eigenvalue weighted by atomic mass is 9.95. The summed E-state index contributed by atoms with van der Waals surface area (Å²) in [6.45, 7) is 5.20. The second kappa shape index (κ2) is 8.90. The average molecular weight is 242 g/mol. The molecule has 2 unspecified atom stereocenters. The van der Waals surface area contributed by atoms with E-state index < -0.39 is 0 Å². The van der Waals surface area contributed by atoms with Gasteiger partial charge in [-0.25, -0.2) is 0 Å². The summed E-state index contributed by atoms with van der Waals surface area (Å²) in [6.07, 6.45) is 9.05. The van der Waals surface area contributed by atoms with E-state index in [9.17, 15) is 0 Å². The van der Waals surface area contributed by atoms with E-state index in [0.29, 0.717) is 6.04 Å². The van der Waals surface area contributed by atoms with E-state index in [1.54, 1.807) is 0 Å². The van der Waals surface area contributed by atoms with Gasteiger partial charge in [-0.3, -0.25) is 4.90 Å². The number of nitrogens with two attached hydrogens (primary N) is 1. The molecular formula is C14H30N2O. The molecule has 1 saturated heterocycles. The Labute approximate surface area is 107 Å². The molecule has 1 aliphatic heterocycles. The molecular weight excluding hydrogens is 212 g/mol. The van der Waals surface area contributed by atoms with Crippen molar-refractivity contribution in [3.63, 3.8) is 0 Å². The zero-order chi connectivity index (χ0) is 12.5. The largest absolute Gasteiger partial charge is 0.383 e. The van der Waals surface area contributed by atoms with Gasteiger partial charge in [-0.2, -0.15) is 0 Å². The van der Waals surface area contributed by atoms with Gasteiger partial charge in [-0.1, -0.05) is 19.8 Å². The van der Waals surface area contributed by atoms with Gasteiger partial charge in [0.05, 0.1) is 6.61 Å². The maximum Gasteiger partial charge on any atom is 0.0618 e. The number of methoxy groups -OCH3 is 1. The van der Waals surface area contributed by atoms with Crippen molar-refractivity contribution in [2.45, 2.75) is 64.0 Å². The molecule has 17 heavy (non-hydrogen) atoms.